The van der Waals surface area contributed by atoms with E-state index in [2.05, 4.69) is 142 Å². The summed E-state index contributed by atoms with van der Waals surface area (Å²) in [5, 5.41) is 0. The molecule has 0 radical (unpaired) electrons. The van der Waals surface area contributed by atoms with E-state index in [4.69, 9.17) is 14.2 Å². The van der Waals surface area contributed by atoms with Crippen molar-refractivity contribution >= 4 is 17.9 Å². The predicted molar refractivity (Wildman–Crippen MR) is 334 cm³/mol. The van der Waals surface area contributed by atoms with Crippen LogP contribution in [0, 0.1) is 0 Å². The Morgan fingerprint density at radius 1 is 0.273 bits per heavy atom. The van der Waals surface area contributed by atoms with Crippen LogP contribution in [0.25, 0.3) is 0 Å². The van der Waals surface area contributed by atoms with Gasteiger partial charge < -0.3 is 14.2 Å². The molecule has 0 rings (SSSR count). The van der Waals surface area contributed by atoms with E-state index in [1.165, 1.54) is 135 Å². The van der Waals surface area contributed by atoms with Gasteiger partial charge in [0.05, 0.1) is 0 Å². The second kappa shape index (κ2) is 64.3. The molecule has 6 heteroatoms. The fourth-order valence-electron chi connectivity index (χ4n) is 8.67. The SMILES string of the molecule is CC/C=C\C/C=C\C/C=C\C/C=C\C/C=C\C/C=C\C/C=C\C/C=C\CCCCC(=O)OCC(COC(=O)CCCCCCCCCCCCC)OC(=O)CCCCCCCCCCC/C=C\C/C=C\CCCCCCC. The number of esters is 3. The van der Waals surface area contributed by atoms with Crippen molar-refractivity contribution in [1.82, 2.24) is 0 Å². The number of carbonyl (C=O) groups is 3. The highest BCUT2D eigenvalue weighted by Crippen LogP contribution is 2.15. The van der Waals surface area contributed by atoms with Crippen molar-refractivity contribution in [2.75, 3.05) is 13.2 Å². The lowest BCUT2D eigenvalue weighted by Gasteiger charge is -2.18. The molecule has 0 aromatic heterocycles. The lowest BCUT2D eigenvalue weighted by atomic mass is 10.1. The van der Waals surface area contributed by atoms with Crippen LogP contribution in [0.2, 0.25) is 0 Å². The van der Waals surface area contributed by atoms with Crippen molar-refractivity contribution in [1.29, 1.82) is 0 Å². The monoisotopic (exact) mass is 1070 g/mol. The smallest absolute Gasteiger partial charge is 0.306 e. The number of ether oxygens (including phenoxy) is 3. The van der Waals surface area contributed by atoms with Gasteiger partial charge in [0.1, 0.15) is 13.2 Å². The molecule has 0 aliphatic rings. The van der Waals surface area contributed by atoms with E-state index in [9.17, 15) is 14.4 Å². The minimum Gasteiger partial charge on any atom is -0.462 e. The zero-order valence-corrected chi connectivity index (χ0v) is 50.2. The average Bonchev–Trinajstić information content (AvgIpc) is 3.43. The maximum atomic E-state index is 12.9. The first-order valence-corrected chi connectivity index (χ1v) is 32.0. The Balaban J connectivity index is 4.40. The van der Waals surface area contributed by atoms with Crippen molar-refractivity contribution in [3.8, 4) is 0 Å². The van der Waals surface area contributed by atoms with Gasteiger partial charge in [0, 0.05) is 19.3 Å². The molecule has 0 N–H and O–H groups in total. The van der Waals surface area contributed by atoms with Gasteiger partial charge in [-0.2, -0.15) is 0 Å². The molecule has 0 aliphatic carbocycles. The van der Waals surface area contributed by atoms with Gasteiger partial charge in [0.2, 0.25) is 0 Å². The lowest BCUT2D eigenvalue weighted by molar-refractivity contribution is -0.167. The Bertz CT molecular complexity index is 1600. The van der Waals surface area contributed by atoms with E-state index in [-0.39, 0.29) is 31.1 Å². The fourth-order valence-corrected chi connectivity index (χ4v) is 8.67. The molecule has 0 spiro atoms. The Hall–Kier alpha value is -4.19. The minimum absolute atomic E-state index is 0.0938. The molecule has 0 amide bonds. The molecule has 0 bridgehead atoms. The summed E-state index contributed by atoms with van der Waals surface area (Å²) < 4.78 is 16.9. The molecule has 0 heterocycles. The summed E-state index contributed by atoms with van der Waals surface area (Å²) in [5.41, 5.74) is 0. The summed E-state index contributed by atoms with van der Waals surface area (Å²) in [6, 6.07) is 0. The number of hydrogen-bond acceptors (Lipinski definition) is 6. The number of hydrogen-bond donors (Lipinski definition) is 0. The number of allylic oxidation sites excluding steroid dienone is 20. The van der Waals surface area contributed by atoms with Crippen LogP contribution < -0.4 is 0 Å². The largest absolute Gasteiger partial charge is 0.462 e. The summed E-state index contributed by atoms with van der Waals surface area (Å²) in [6.07, 6.45) is 89.2. The van der Waals surface area contributed by atoms with Crippen LogP contribution >= 0.6 is 0 Å². The Kier molecular flexibility index (Phi) is 60.8. The maximum Gasteiger partial charge on any atom is 0.306 e. The van der Waals surface area contributed by atoms with E-state index in [0.717, 1.165) is 116 Å². The van der Waals surface area contributed by atoms with Gasteiger partial charge in [-0.3, -0.25) is 14.4 Å². The van der Waals surface area contributed by atoms with Crippen LogP contribution in [0.3, 0.4) is 0 Å². The van der Waals surface area contributed by atoms with Crippen LogP contribution in [0.1, 0.15) is 290 Å². The quantitative estimate of drug-likeness (QED) is 0.0261. The van der Waals surface area contributed by atoms with Gasteiger partial charge in [0.25, 0.3) is 0 Å². The third kappa shape index (κ3) is 62.5. The van der Waals surface area contributed by atoms with E-state index < -0.39 is 6.10 Å². The van der Waals surface area contributed by atoms with Crippen molar-refractivity contribution in [2.45, 2.75) is 297 Å². The molecular weight excluding hydrogens is 949 g/mol. The van der Waals surface area contributed by atoms with Gasteiger partial charge in [-0.1, -0.05) is 277 Å². The molecule has 0 fully saturated rings. The minimum atomic E-state index is -0.801. The normalized spacial score (nSPS) is 12.9. The molecule has 77 heavy (non-hydrogen) atoms. The van der Waals surface area contributed by atoms with Crippen LogP contribution in [0.4, 0.5) is 0 Å². The van der Waals surface area contributed by atoms with Crippen LogP contribution in [-0.2, 0) is 28.6 Å². The van der Waals surface area contributed by atoms with Crippen molar-refractivity contribution in [2.24, 2.45) is 0 Å². The average molecular weight is 1070 g/mol. The molecule has 1 atom stereocenters. The molecule has 0 aromatic rings. The first kappa shape index (κ1) is 72.8. The number of rotatable bonds is 57. The zero-order chi connectivity index (χ0) is 55.7. The summed E-state index contributed by atoms with van der Waals surface area (Å²) in [7, 11) is 0. The first-order chi connectivity index (χ1) is 38.0. The van der Waals surface area contributed by atoms with E-state index >= 15 is 0 Å². The number of unbranched alkanes of at least 4 members (excludes halogenated alkanes) is 26. The highest BCUT2D eigenvalue weighted by Gasteiger charge is 2.19. The van der Waals surface area contributed by atoms with Gasteiger partial charge in [0.15, 0.2) is 6.10 Å². The predicted octanol–water partition coefficient (Wildman–Crippen LogP) is 22.0. The van der Waals surface area contributed by atoms with Crippen LogP contribution in [0.5, 0.6) is 0 Å². The Labute approximate surface area is 475 Å². The molecular formula is C71H118O6. The van der Waals surface area contributed by atoms with Crippen molar-refractivity contribution in [3.63, 3.8) is 0 Å². The molecule has 0 saturated heterocycles. The topological polar surface area (TPSA) is 78.9 Å². The molecule has 1 unspecified atom stereocenters. The van der Waals surface area contributed by atoms with E-state index in [0.29, 0.717) is 19.3 Å². The Morgan fingerprint density at radius 3 is 0.818 bits per heavy atom. The summed E-state index contributed by atoms with van der Waals surface area (Å²) in [5.74, 6) is -0.940. The third-order valence-corrected chi connectivity index (χ3v) is 13.5. The molecule has 6 nitrogen and oxygen atoms in total. The fraction of sp³-hybridized carbons (Fsp3) is 0.676. The molecule has 0 aliphatic heterocycles. The second-order valence-corrected chi connectivity index (χ2v) is 20.9. The van der Waals surface area contributed by atoms with Crippen molar-refractivity contribution in [3.05, 3.63) is 122 Å². The van der Waals surface area contributed by atoms with Gasteiger partial charge >= 0.3 is 17.9 Å². The van der Waals surface area contributed by atoms with Gasteiger partial charge in [-0.25, -0.2) is 0 Å². The maximum absolute atomic E-state index is 12.9. The highest BCUT2D eigenvalue weighted by atomic mass is 16.6. The zero-order valence-electron chi connectivity index (χ0n) is 50.2. The Morgan fingerprint density at radius 2 is 0.506 bits per heavy atom. The van der Waals surface area contributed by atoms with Crippen LogP contribution in [0.15, 0.2) is 122 Å². The molecule has 0 aromatic carbocycles. The molecule has 0 saturated carbocycles. The summed E-state index contributed by atoms with van der Waals surface area (Å²) in [6.45, 7) is 6.48. The number of carbonyl (C=O) groups excluding carboxylic acids is 3. The van der Waals surface area contributed by atoms with Gasteiger partial charge in [-0.05, 0) is 116 Å². The highest BCUT2D eigenvalue weighted by molar-refractivity contribution is 5.71. The van der Waals surface area contributed by atoms with E-state index in [1.807, 2.05) is 0 Å². The second-order valence-electron chi connectivity index (χ2n) is 20.9. The molecule has 438 valence electrons. The van der Waals surface area contributed by atoms with E-state index in [1.54, 1.807) is 0 Å². The van der Waals surface area contributed by atoms with Gasteiger partial charge in [-0.15, -0.1) is 0 Å². The summed E-state index contributed by atoms with van der Waals surface area (Å²) in [4.78, 5) is 38.2. The first-order valence-electron chi connectivity index (χ1n) is 32.0. The summed E-state index contributed by atoms with van der Waals surface area (Å²) >= 11 is 0. The lowest BCUT2D eigenvalue weighted by Crippen LogP contribution is -2.30. The standard InChI is InChI=1S/C71H118O6/c1-4-7-10-13-16-19-22-24-26-28-30-32-33-34-35-36-37-39-40-42-44-46-49-52-55-58-61-64-70(73)76-67-68(66-75-69(72)63-60-57-54-51-48-21-18-15-12-9-6-3)77-71(74)65-62-59-56-53-50-47-45-43-41-38-31-29-27-25-23-20-17-14-11-8-5-2/h7,10,16,19,23-26,29-32,34-35,37,39,42,44,49,52,68H,4-6,8-9,11-15,17-18,20-22,27-28,33,36,38,40-41,43,45-48,50-51,53-67H2,1-3H3/b10-7-,19-16-,25-23-,26-24-,31-29-,32-30-,35-34-,39-37-,44-42-,52-49-. The van der Waals surface area contributed by atoms with Crippen molar-refractivity contribution < 1.29 is 28.6 Å². The van der Waals surface area contributed by atoms with Crippen LogP contribution in [-0.4, -0.2) is 37.2 Å². The third-order valence-electron chi connectivity index (χ3n) is 13.5.